The second kappa shape index (κ2) is 6.60. The van der Waals surface area contributed by atoms with Gasteiger partial charge < -0.3 is 10.4 Å². The number of carbonyl (C=O) groups excluding carboxylic acids is 3. The van der Waals surface area contributed by atoms with Gasteiger partial charge in [0.2, 0.25) is 5.91 Å². The molecule has 0 spiro atoms. The number of aliphatic carboxylic acids is 1. The van der Waals surface area contributed by atoms with E-state index in [-0.39, 0.29) is 18.9 Å². The molecule has 2 rings (SSSR count). The van der Waals surface area contributed by atoms with E-state index in [1.807, 2.05) is 0 Å². The van der Waals surface area contributed by atoms with Crippen LogP contribution in [0.3, 0.4) is 0 Å². The molecule has 1 heterocycles. The van der Waals surface area contributed by atoms with Crippen molar-refractivity contribution in [2.75, 3.05) is 6.54 Å². The Hall–Kier alpha value is -2.70. The van der Waals surface area contributed by atoms with Crippen LogP contribution < -0.4 is 5.32 Å². The van der Waals surface area contributed by atoms with Crippen molar-refractivity contribution < 1.29 is 24.3 Å². The smallest absolute Gasteiger partial charge is 0.326 e. The van der Waals surface area contributed by atoms with Gasteiger partial charge in [-0.15, -0.1) is 0 Å². The summed E-state index contributed by atoms with van der Waals surface area (Å²) in [4.78, 5) is 48.2. The fraction of sp³-hybridized carbons (Fsp3) is 0.375. The quantitative estimate of drug-likeness (QED) is 0.758. The van der Waals surface area contributed by atoms with Crippen LogP contribution in [-0.4, -0.2) is 46.3 Å². The summed E-state index contributed by atoms with van der Waals surface area (Å²) in [5, 5.41) is 11.4. The van der Waals surface area contributed by atoms with Gasteiger partial charge in [0.1, 0.15) is 6.04 Å². The molecule has 3 amide bonds. The summed E-state index contributed by atoms with van der Waals surface area (Å²) in [6.45, 7) is 3.29. The lowest BCUT2D eigenvalue weighted by Gasteiger charge is -2.19. The van der Waals surface area contributed by atoms with Gasteiger partial charge in [-0.3, -0.25) is 19.3 Å². The van der Waals surface area contributed by atoms with Crippen LogP contribution in [0.2, 0.25) is 0 Å². The molecular weight excluding hydrogens is 300 g/mol. The molecule has 1 unspecified atom stereocenters. The van der Waals surface area contributed by atoms with Gasteiger partial charge in [-0.25, -0.2) is 4.79 Å². The van der Waals surface area contributed by atoms with Crippen molar-refractivity contribution in [3.8, 4) is 0 Å². The first-order chi connectivity index (χ1) is 10.8. The number of amides is 3. The lowest BCUT2D eigenvalue weighted by atomic mass is 10.0. The van der Waals surface area contributed by atoms with E-state index < -0.39 is 29.7 Å². The number of carboxylic acids is 1. The van der Waals surface area contributed by atoms with Crippen molar-refractivity contribution in [2.45, 2.75) is 26.3 Å². The second-order valence-electron chi connectivity index (χ2n) is 5.68. The SMILES string of the molecule is CC(C)C(NC(=O)CCN1C(=O)c2ccccc2C1=O)C(=O)O. The molecule has 1 aliphatic rings. The molecule has 0 fully saturated rings. The van der Waals surface area contributed by atoms with Gasteiger partial charge in [0, 0.05) is 13.0 Å². The average Bonchev–Trinajstić information content (AvgIpc) is 2.74. The van der Waals surface area contributed by atoms with Gasteiger partial charge in [-0.05, 0) is 18.1 Å². The number of benzene rings is 1. The van der Waals surface area contributed by atoms with E-state index in [9.17, 15) is 19.2 Å². The molecule has 7 heteroatoms. The molecule has 1 atom stereocenters. The molecule has 0 radical (unpaired) electrons. The Bertz CT molecular complexity index is 633. The molecular formula is C16H18N2O5. The number of rotatable bonds is 6. The highest BCUT2D eigenvalue weighted by Crippen LogP contribution is 2.22. The number of carbonyl (C=O) groups is 4. The van der Waals surface area contributed by atoms with Crippen LogP contribution in [-0.2, 0) is 9.59 Å². The molecule has 0 aliphatic carbocycles. The van der Waals surface area contributed by atoms with E-state index in [1.54, 1.807) is 38.1 Å². The van der Waals surface area contributed by atoms with E-state index in [4.69, 9.17) is 5.11 Å². The first-order valence-corrected chi connectivity index (χ1v) is 7.30. The Morgan fingerprint density at radius 2 is 1.65 bits per heavy atom. The molecule has 122 valence electrons. The molecule has 0 saturated carbocycles. The van der Waals surface area contributed by atoms with Crippen LogP contribution in [0.1, 0.15) is 41.0 Å². The van der Waals surface area contributed by atoms with Crippen molar-refractivity contribution in [2.24, 2.45) is 5.92 Å². The number of carboxylic acid groups (broad SMARTS) is 1. The normalized spacial score (nSPS) is 14.8. The summed E-state index contributed by atoms with van der Waals surface area (Å²) in [5.74, 6) is -2.76. The van der Waals surface area contributed by atoms with E-state index >= 15 is 0 Å². The highest BCUT2D eigenvalue weighted by atomic mass is 16.4. The molecule has 0 aromatic heterocycles. The van der Waals surface area contributed by atoms with Gasteiger partial charge in [-0.2, -0.15) is 0 Å². The zero-order valence-corrected chi connectivity index (χ0v) is 12.9. The number of fused-ring (bicyclic) bond motifs is 1. The minimum absolute atomic E-state index is 0.0807. The number of hydrogen-bond acceptors (Lipinski definition) is 4. The molecule has 7 nitrogen and oxygen atoms in total. The first kappa shape index (κ1) is 16.7. The summed E-state index contributed by atoms with van der Waals surface area (Å²) >= 11 is 0. The summed E-state index contributed by atoms with van der Waals surface area (Å²) in [7, 11) is 0. The second-order valence-corrected chi connectivity index (χ2v) is 5.68. The van der Waals surface area contributed by atoms with Crippen LogP contribution >= 0.6 is 0 Å². The van der Waals surface area contributed by atoms with Crippen molar-refractivity contribution in [1.29, 1.82) is 0 Å². The fourth-order valence-corrected chi connectivity index (χ4v) is 2.41. The molecule has 1 aromatic carbocycles. The molecule has 1 aromatic rings. The number of nitrogens with zero attached hydrogens (tertiary/aromatic N) is 1. The van der Waals surface area contributed by atoms with Crippen LogP contribution in [0.5, 0.6) is 0 Å². The van der Waals surface area contributed by atoms with E-state index in [1.165, 1.54) is 0 Å². The zero-order chi connectivity index (χ0) is 17.1. The largest absolute Gasteiger partial charge is 0.480 e. The summed E-state index contributed by atoms with van der Waals surface area (Å²) in [5.41, 5.74) is 0.645. The molecule has 0 bridgehead atoms. The standard InChI is InChI=1S/C16H18N2O5/c1-9(2)13(16(22)23)17-12(19)7-8-18-14(20)10-5-3-4-6-11(10)15(18)21/h3-6,9,13H,7-8H2,1-2H3,(H,17,19)(H,22,23). The third-order valence-corrected chi connectivity index (χ3v) is 3.69. The highest BCUT2D eigenvalue weighted by Gasteiger charge is 2.35. The highest BCUT2D eigenvalue weighted by molar-refractivity contribution is 6.21. The number of nitrogens with one attached hydrogen (secondary N) is 1. The maximum atomic E-state index is 12.1. The summed E-state index contributed by atoms with van der Waals surface area (Å²) in [6, 6.07) is 5.47. The average molecular weight is 318 g/mol. The van der Waals surface area contributed by atoms with E-state index in [2.05, 4.69) is 5.32 Å². The van der Waals surface area contributed by atoms with Gasteiger partial charge in [0.25, 0.3) is 11.8 Å². The monoisotopic (exact) mass is 318 g/mol. The summed E-state index contributed by atoms with van der Waals surface area (Å²) in [6.07, 6.45) is -0.137. The topological polar surface area (TPSA) is 104 Å². The van der Waals surface area contributed by atoms with Crippen molar-refractivity contribution >= 4 is 23.7 Å². The van der Waals surface area contributed by atoms with Crippen LogP contribution in [0, 0.1) is 5.92 Å². The minimum Gasteiger partial charge on any atom is -0.480 e. The van der Waals surface area contributed by atoms with Gasteiger partial charge in [0.05, 0.1) is 11.1 Å². The van der Waals surface area contributed by atoms with Gasteiger partial charge in [0.15, 0.2) is 0 Å². The maximum Gasteiger partial charge on any atom is 0.326 e. The third kappa shape index (κ3) is 3.39. The van der Waals surface area contributed by atoms with Crippen molar-refractivity contribution in [3.63, 3.8) is 0 Å². The number of imide groups is 1. The van der Waals surface area contributed by atoms with Crippen LogP contribution in [0.4, 0.5) is 0 Å². The molecule has 2 N–H and O–H groups in total. The predicted molar refractivity (Wildman–Crippen MR) is 80.8 cm³/mol. The van der Waals surface area contributed by atoms with Crippen molar-refractivity contribution in [3.05, 3.63) is 35.4 Å². The van der Waals surface area contributed by atoms with Gasteiger partial charge in [-0.1, -0.05) is 26.0 Å². The Balaban J connectivity index is 1.97. The Morgan fingerprint density at radius 1 is 1.13 bits per heavy atom. The minimum atomic E-state index is -1.12. The van der Waals surface area contributed by atoms with Gasteiger partial charge >= 0.3 is 5.97 Å². The zero-order valence-electron chi connectivity index (χ0n) is 12.9. The van der Waals surface area contributed by atoms with Crippen molar-refractivity contribution in [1.82, 2.24) is 10.2 Å². The lowest BCUT2D eigenvalue weighted by molar-refractivity contribution is -0.143. The Morgan fingerprint density at radius 3 is 2.09 bits per heavy atom. The Labute approximate surface area is 133 Å². The lowest BCUT2D eigenvalue weighted by Crippen LogP contribution is -2.45. The molecule has 23 heavy (non-hydrogen) atoms. The van der Waals surface area contributed by atoms with E-state index in [0.29, 0.717) is 11.1 Å². The maximum absolute atomic E-state index is 12.1. The molecule has 0 saturated heterocycles. The fourth-order valence-electron chi connectivity index (χ4n) is 2.41. The number of hydrogen-bond donors (Lipinski definition) is 2. The summed E-state index contributed by atoms with van der Waals surface area (Å²) < 4.78 is 0. The third-order valence-electron chi connectivity index (χ3n) is 3.69. The molecule has 1 aliphatic heterocycles. The van der Waals surface area contributed by atoms with E-state index in [0.717, 1.165) is 4.90 Å². The predicted octanol–water partition coefficient (Wildman–Crippen LogP) is 0.898. The first-order valence-electron chi connectivity index (χ1n) is 7.30. The Kier molecular flexibility index (Phi) is 4.78. The van der Waals surface area contributed by atoms with Crippen LogP contribution in [0.25, 0.3) is 0 Å². The van der Waals surface area contributed by atoms with Crippen LogP contribution in [0.15, 0.2) is 24.3 Å².